The molecule has 3 rings (SSSR count). The number of aryl methyl sites for hydroxylation is 1. The van der Waals surface area contributed by atoms with E-state index in [0.29, 0.717) is 50.9 Å². The van der Waals surface area contributed by atoms with Gasteiger partial charge in [-0.1, -0.05) is 19.1 Å². The number of anilines is 1. The summed E-state index contributed by atoms with van der Waals surface area (Å²) in [6.45, 7) is 1.57. The van der Waals surface area contributed by atoms with Gasteiger partial charge in [-0.2, -0.15) is 0 Å². The van der Waals surface area contributed by atoms with Crippen molar-refractivity contribution in [1.29, 1.82) is 0 Å². The summed E-state index contributed by atoms with van der Waals surface area (Å²) in [5.41, 5.74) is 7.81. The molecule has 3 unspecified atom stereocenters. The molecule has 1 aromatic carbocycles. The largest absolute Gasteiger partial charge is 0.394 e. The van der Waals surface area contributed by atoms with Crippen LogP contribution in [0.3, 0.4) is 0 Å². The molecule has 15 nitrogen and oxygen atoms in total. The first-order valence-electron chi connectivity index (χ1n) is 15.5. The summed E-state index contributed by atoms with van der Waals surface area (Å²) in [6, 6.07) is 4.21. The molecule has 0 radical (unpaired) electrons. The molecule has 0 spiro atoms. The minimum Gasteiger partial charge on any atom is -0.394 e. The number of aliphatic hydroxyl groups is 1. The van der Waals surface area contributed by atoms with Crippen molar-refractivity contribution in [3.05, 3.63) is 42.0 Å². The third kappa shape index (κ3) is 10.5. The van der Waals surface area contributed by atoms with Crippen molar-refractivity contribution in [2.24, 2.45) is 5.73 Å². The van der Waals surface area contributed by atoms with E-state index in [0.717, 1.165) is 29.0 Å². The van der Waals surface area contributed by atoms with Crippen LogP contribution < -0.4 is 27.0 Å². The molecule has 0 aromatic heterocycles. The van der Waals surface area contributed by atoms with Crippen LogP contribution in [0.25, 0.3) is 0 Å². The van der Waals surface area contributed by atoms with E-state index in [1.807, 2.05) is 19.1 Å². The standard InChI is InChI=1S/C31H43N7O8/c1-2-20-8-10-21(11-9-20)35-26(41)18-34-29(44)23(19-39)36-30(45)24-7-5-16-37(24)31(46)22(32)6-3-4-15-33-25(40)14-17-38-27(42)12-13-28(38)43/h8-13,22-24,39H,2-7,14-19,32H2,1H3,(H,33,40)(H,34,44)(H,35,41)(H,36,45). The molecular formula is C31H43N7O8. The summed E-state index contributed by atoms with van der Waals surface area (Å²) in [5.74, 6) is -3.45. The van der Waals surface area contributed by atoms with Crippen molar-refractivity contribution in [1.82, 2.24) is 25.8 Å². The lowest BCUT2D eigenvalue weighted by Crippen LogP contribution is -2.56. The van der Waals surface area contributed by atoms with Gasteiger partial charge in [0.25, 0.3) is 11.8 Å². The lowest BCUT2D eigenvalue weighted by molar-refractivity contribution is -0.140. The number of nitrogens with zero attached hydrogens (tertiary/aromatic N) is 2. The van der Waals surface area contributed by atoms with Gasteiger partial charge in [0.15, 0.2) is 0 Å². The molecule has 1 fully saturated rings. The molecule has 0 bridgehead atoms. The zero-order valence-corrected chi connectivity index (χ0v) is 26.0. The molecule has 0 aliphatic carbocycles. The number of amides is 7. The van der Waals surface area contributed by atoms with E-state index in [4.69, 9.17) is 5.73 Å². The minimum absolute atomic E-state index is 0.00404. The maximum atomic E-state index is 13.1. The second kappa shape index (κ2) is 17.8. The van der Waals surface area contributed by atoms with Gasteiger partial charge in [0.2, 0.25) is 29.5 Å². The van der Waals surface area contributed by atoms with E-state index in [1.165, 1.54) is 4.90 Å². The summed E-state index contributed by atoms with van der Waals surface area (Å²) in [4.78, 5) is 88.4. The van der Waals surface area contributed by atoms with E-state index < -0.39 is 60.2 Å². The molecule has 2 aliphatic rings. The Kier molecular flexibility index (Phi) is 13.8. The Balaban J connectivity index is 1.36. The van der Waals surface area contributed by atoms with Gasteiger partial charge < -0.3 is 37.0 Å². The number of rotatable bonds is 17. The van der Waals surface area contributed by atoms with E-state index in [9.17, 15) is 38.7 Å². The van der Waals surface area contributed by atoms with Crippen LogP contribution in [-0.2, 0) is 40.0 Å². The summed E-state index contributed by atoms with van der Waals surface area (Å²) >= 11 is 0. The van der Waals surface area contributed by atoms with E-state index >= 15 is 0 Å². The molecule has 250 valence electrons. The average molecular weight is 642 g/mol. The number of nitrogens with two attached hydrogens (primary N) is 1. The second-order valence-electron chi connectivity index (χ2n) is 11.1. The summed E-state index contributed by atoms with van der Waals surface area (Å²) in [5, 5.41) is 20.0. The molecule has 15 heteroatoms. The van der Waals surface area contributed by atoms with Gasteiger partial charge >= 0.3 is 0 Å². The molecule has 2 aliphatic heterocycles. The van der Waals surface area contributed by atoms with Crippen LogP contribution in [0.5, 0.6) is 0 Å². The number of imide groups is 1. The SMILES string of the molecule is CCc1ccc(NC(=O)CNC(=O)C(CO)NC(=O)C2CCCN2C(=O)C(N)CCCCNC(=O)CCN2C(=O)C=CC2=O)cc1. The maximum Gasteiger partial charge on any atom is 0.253 e. The van der Waals surface area contributed by atoms with Gasteiger partial charge in [0, 0.05) is 43.9 Å². The van der Waals surface area contributed by atoms with Crippen molar-refractivity contribution in [3.8, 4) is 0 Å². The highest BCUT2D eigenvalue weighted by atomic mass is 16.3. The van der Waals surface area contributed by atoms with Crippen LogP contribution >= 0.6 is 0 Å². The zero-order valence-electron chi connectivity index (χ0n) is 26.0. The van der Waals surface area contributed by atoms with E-state index in [-0.39, 0.29) is 25.4 Å². The van der Waals surface area contributed by atoms with Crippen LogP contribution in [0.1, 0.15) is 51.0 Å². The molecule has 7 N–H and O–H groups in total. The maximum absolute atomic E-state index is 13.1. The van der Waals surface area contributed by atoms with Crippen LogP contribution in [0.4, 0.5) is 5.69 Å². The van der Waals surface area contributed by atoms with Crippen LogP contribution in [0.2, 0.25) is 0 Å². The fourth-order valence-electron chi connectivity index (χ4n) is 5.09. The highest BCUT2D eigenvalue weighted by Gasteiger charge is 2.37. The Bertz CT molecular complexity index is 1300. The number of hydrogen-bond donors (Lipinski definition) is 6. The van der Waals surface area contributed by atoms with Gasteiger partial charge in [0.05, 0.1) is 19.2 Å². The summed E-state index contributed by atoms with van der Waals surface area (Å²) < 4.78 is 0. The monoisotopic (exact) mass is 641 g/mol. The normalized spacial score (nSPS) is 17.1. The van der Waals surface area contributed by atoms with Gasteiger partial charge in [0.1, 0.15) is 12.1 Å². The first kappa shape index (κ1) is 35.8. The molecule has 46 heavy (non-hydrogen) atoms. The van der Waals surface area contributed by atoms with E-state index in [2.05, 4.69) is 21.3 Å². The number of unbranched alkanes of at least 4 members (excludes halogenated alkanes) is 1. The fourth-order valence-corrected chi connectivity index (χ4v) is 5.09. The zero-order chi connectivity index (χ0) is 33.6. The molecule has 3 atom stereocenters. The molecule has 1 saturated heterocycles. The lowest BCUT2D eigenvalue weighted by atomic mass is 10.1. The number of aliphatic hydroxyl groups excluding tert-OH is 1. The molecule has 0 saturated carbocycles. The molecular weight excluding hydrogens is 598 g/mol. The Hall–Kier alpha value is -4.63. The third-order valence-corrected chi connectivity index (χ3v) is 7.77. The number of hydrogen-bond acceptors (Lipinski definition) is 9. The predicted octanol–water partition coefficient (Wildman–Crippen LogP) is -1.30. The molecule has 1 aromatic rings. The van der Waals surface area contributed by atoms with Crippen molar-refractivity contribution in [2.75, 3.05) is 38.1 Å². The van der Waals surface area contributed by atoms with Crippen LogP contribution in [0.15, 0.2) is 36.4 Å². The average Bonchev–Trinajstić information content (AvgIpc) is 3.67. The Morgan fingerprint density at radius 2 is 1.70 bits per heavy atom. The van der Waals surface area contributed by atoms with Gasteiger partial charge in [-0.3, -0.25) is 38.5 Å². The smallest absolute Gasteiger partial charge is 0.253 e. The quantitative estimate of drug-likeness (QED) is 0.0878. The first-order chi connectivity index (χ1) is 22.0. The van der Waals surface area contributed by atoms with Crippen LogP contribution in [0, 0.1) is 0 Å². The highest BCUT2D eigenvalue weighted by Crippen LogP contribution is 2.19. The van der Waals surface area contributed by atoms with Crippen molar-refractivity contribution < 1.29 is 38.7 Å². The minimum atomic E-state index is -1.32. The number of carbonyl (C=O) groups excluding carboxylic acids is 7. The lowest BCUT2D eigenvalue weighted by Gasteiger charge is -2.28. The third-order valence-electron chi connectivity index (χ3n) is 7.77. The van der Waals surface area contributed by atoms with Crippen molar-refractivity contribution in [3.63, 3.8) is 0 Å². The predicted molar refractivity (Wildman–Crippen MR) is 167 cm³/mol. The highest BCUT2D eigenvalue weighted by molar-refractivity contribution is 6.13. The summed E-state index contributed by atoms with van der Waals surface area (Å²) in [6.07, 6.45) is 5.45. The number of benzene rings is 1. The first-order valence-corrected chi connectivity index (χ1v) is 15.5. The van der Waals surface area contributed by atoms with Gasteiger partial charge in [-0.25, -0.2) is 0 Å². The number of likely N-dealkylation sites (tertiary alicyclic amines) is 1. The summed E-state index contributed by atoms with van der Waals surface area (Å²) in [7, 11) is 0. The molecule has 2 heterocycles. The van der Waals surface area contributed by atoms with Crippen LogP contribution in [-0.4, -0.2) is 107 Å². The molecule has 7 amide bonds. The second-order valence-corrected chi connectivity index (χ2v) is 11.1. The van der Waals surface area contributed by atoms with Gasteiger partial charge in [-0.15, -0.1) is 0 Å². The number of carbonyl (C=O) groups is 7. The fraction of sp³-hybridized carbons (Fsp3) is 0.516. The van der Waals surface area contributed by atoms with Crippen molar-refractivity contribution in [2.45, 2.75) is 70.0 Å². The number of nitrogens with one attached hydrogen (secondary N) is 4. The Labute approximate surface area is 267 Å². The van der Waals surface area contributed by atoms with Gasteiger partial charge in [-0.05, 0) is 56.2 Å². The van der Waals surface area contributed by atoms with E-state index in [1.54, 1.807) is 12.1 Å². The Morgan fingerprint density at radius 3 is 2.35 bits per heavy atom. The topological polar surface area (TPSA) is 220 Å². The Morgan fingerprint density at radius 1 is 1.00 bits per heavy atom. The van der Waals surface area contributed by atoms with Crippen molar-refractivity contribution >= 4 is 47.0 Å².